The predicted molar refractivity (Wildman–Crippen MR) is 43.4 cm³/mol. The molecule has 0 aromatic carbocycles. The minimum Gasteiger partial charge on any atom is -0.370 e. The van der Waals surface area contributed by atoms with Crippen LogP contribution >= 0.6 is 24.0 Å². The molecule has 0 bridgehead atoms. The van der Waals surface area contributed by atoms with Gasteiger partial charge in [-0.2, -0.15) is 0 Å². The summed E-state index contributed by atoms with van der Waals surface area (Å²) in [6, 6.07) is 0. The van der Waals surface area contributed by atoms with E-state index in [1.165, 1.54) is 11.8 Å². The van der Waals surface area contributed by atoms with Crippen molar-refractivity contribution in [3.8, 4) is 0 Å². The summed E-state index contributed by atoms with van der Waals surface area (Å²) in [4.78, 5) is 0. The van der Waals surface area contributed by atoms with Gasteiger partial charge in [0.05, 0.1) is 5.25 Å². The van der Waals surface area contributed by atoms with Crippen molar-refractivity contribution >= 4 is 28.3 Å². The highest BCUT2D eigenvalue weighted by atomic mass is 32.2. The molecule has 1 rings (SSSR count). The molecule has 0 saturated carbocycles. The van der Waals surface area contributed by atoms with Crippen molar-refractivity contribution in [3.05, 3.63) is 0 Å². The van der Waals surface area contributed by atoms with Gasteiger partial charge in [0.15, 0.2) is 0 Å². The number of aliphatic hydroxyl groups is 1. The van der Waals surface area contributed by atoms with Gasteiger partial charge in [0.25, 0.3) is 0 Å². The van der Waals surface area contributed by atoms with Gasteiger partial charge in [0, 0.05) is 0 Å². The van der Waals surface area contributed by atoms with Crippen molar-refractivity contribution in [2.45, 2.75) is 24.8 Å². The van der Waals surface area contributed by atoms with Gasteiger partial charge in [0.2, 0.25) is 0 Å². The van der Waals surface area contributed by atoms with E-state index in [2.05, 4.69) is 5.32 Å². The summed E-state index contributed by atoms with van der Waals surface area (Å²) in [6.45, 7) is 3.67. The zero-order valence-electron chi connectivity index (χ0n) is 5.34. The van der Waals surface area contributed by atoms with Crippen LogP contribution in [0.25, 0.3) is 0 Å². The maximum Gasteiger partial charge on any atom is 0.145 e. The Morgan fingerprint density at radius 3 is 2.56 bits per heavy atom. The van der Waals surface area contributed by atoms with Crippen molar-refractivity contribution < 1.29 is 5.11 Å². The number of nitrogens with one attached hydrogen (secondary N) is 1. The molecule has 0 aromatic heterocycles. The Labute approximate surface area is 64.0 Å². The lowest BCUT2D eigenvalue weighted by Gasteiger charge is -2.20. The Hall–Kier alpha value is 0.200. The first kappa shape index (κ1) is 7.31. The summed E-state index contributed by atoms with van der Waals surface area (Å²) in [5, 5.41) is 12.4. The third kappa shape index (κ3) is 1.36. The fourth-order valence-electron chi connectivity index (χ4n) is 0.613. The number of thioether (sulfide) groups is 1. The first-order valence-corrected chi connectivity index (χ1v) is 4.02. The van der Waals surface area contributed by atoms with Crippen LogP contribution in [0.3, 0.4) is 0 Å². The van der Waals surface area contributed by atoms with Crippen molar-refractivity contribution in [1.82, 2.24) is 5.32 Å². The van der Waals surface area contributed by atoms with Crippen LogP contribution in [0, 0.1) is 0 Å². The Bertz CT molecular complexity index is 146. The predicted octanol–water partition coefficient (Wildman–Crippen LogP) is 0.705. The second-order valence-corrected chi connectivity index (χ2v) is 4.34. The summed E-state index contributed by atoms with van der Waals surface area (Å²) in [7, 11) is 0. The maximum absolute atomic E-state index is 9.41. The van der Waals surface area contributed by atoms with Crippen LogP contribution in [0.5, 0.6) is 0 Å². The van der Waals surface area contributed by atoms with E-state index in [1.54, 1.807) is 6.92 Å². The van der Waals surface area contributed by atoms with Crippen LogP contribution in [0.1, 0.15) is 13.8 Å². The molecule has 52 valence electrons. The van der Waals surface area contributed by atoms with Crippen LogP contribution in [-0.4, -0.2) is 20.4 Å². The van der Waals surface area contributed by atoms with Gasteiger partial charge in [-0.1, -0.05) is 24.0 Å². The Morgan fingerprint density at radius 1 is 1.89 bits per heavy atom. The molecular weight excluding hydrogens is 154 g/mol. The molecule has 2 atom stereocenters. The Kier molecular flexibility index (Phi) is 1.71. The zero-order valence-corrected chi connectivity index (χ0v) is 6.97. The molecule has 0 aliphatic carbocycles. The van der Waals surface area contributed by atoms with Crippen LogP contribution < -0.4 is 5.32 Å². The smallest absolute Gasteiger partial charge is 0.145 e. The number of hydrogen-bond donors (Lipinski definition) is 2. The lowest BCUT2D eigenvalue weighted by atomic mass is 10.2. The highest BCUT2D eigenvalue weighted by Gasteiger charge is 2.36. The summed E-state index contributed by atoms with van der Waals surface area (Å²) in [5.41, 5.74) is -0.804. The Balaban J connectivity index is 2.69. The van der Waals surface area contributed by atoms with Crippen LogP contribution in [0.4, 0.5) is 0 Å². The fraction of sp³-hybridized carbons (Fsp3) is 0.800. The molecule has 2 unspecified atom stereocenters. The molecule has 1 saturated heterocycles. The molecule has 1 heterocycles. The average molecular weight is 163 g/mol. The number of hydrogen-bond acceptors (Lipinski definition) is 3. The summed E-state index contributed by atoms with van der Waals surface area (Å²) in [6.07, 6.45) is 0. The highest BCUT2D eigenvalue weighted by molar-refractivity contribution is 8.23. The van der Waals surface area contributed by atoms with E-state index in [9.17, 15) is 5.11 Å². The van der Waals surface area contributed by atoms with E-state index in [4.69, 9.17) is 12.2 Å². The molecule has 2 nitrogen and oxygen atoms in total. The summed E-state index contributed by atoms with van der Waals surface area (Å²) < 4.78 is 0.688. The molecule has 0 aromatic rings. The summed E-state index contributed by atoms with van der Waals surface area (Å²) >= 11 is 6.33. The molecule has 1 aliphatic heterocycles. The molecular formula is C5H9NOS2. The van der Waals surface area contributed by atoms with Gasteiger partial charge in [0.1, 0.15) is 10.0 Å². The van der Waals surface area contributed by atoms with Gasteiger partial charge in [-0.15, -0.1) is 0 Å². The molecule has 2 N–H and O–H groups in total. The van der Waals surface area contributed by atoms with E-state index in [0.717, 1.165) is 0 Å². The number of thiocarbonyl (C=S) groups is 1. The van der Waals surface area contributed by atoms with Crippen LogP contribution in [0.2, 0.25) is 0 Å². The Morgan fingerprint density at radius 2 is 2.44 bits per heavy atom. The summed E-state index contributed by atoms with van der Waals surface area (Å²) in [5.74, 6) is 0. The van der Waals surface area contributed by atoms with Crippen molar-refractivity contribution in [1.29, 1.82) is 0 Å². The zero-order chi connectivity index (χ0) is 7.07. The SMILES string of the molecule is CC1SC(=S)NC1(C)O. The molecule has 0 spiro atoms. The van der Waals surface area contributed by atoms with E-state index in [-0.39, 0.29) is 5.25 Å². The van der Waals surface area contributed by atoms with Crippen molar-refractivity contribution in [3.63, 3.8) is 0 Å². The third-order valence-electron chi connectivity index (χ3n) is 1.43. The molecule has 0 amide bonds. The lowest BCUT2D eigenvalue weighted by Crippen LogP contribution is -2.43. The van der Waals surface area contributed by atoms with Gasteiger partial charge in [-0.25, -0.2) is 0 Å². The molecule has 4 heteroatoms. The highest BCUT2D eigenvalue weighted by Crippen LogP contribution is 2.28. The van der Waals surface area contributed by atoms with Gasteiger partial charge in [-0.05, 0) is 13.8 Å². The molecule has 0 radical (unpaired) electrons. The number of rotatable bonds is 0. The lowest BCUT2D eigenvalue weighted by molar-refractivity contribution is 0.0523. The van der Waals surface area contributed by atoms with Crippen LogP contribution in [-0.2, 0) is 0 Å². The molecule has 1 aliphatic rings. The monoisotopic (exact) mass is 163 g/mol. The van der Waals surface area contributed by atoms with E-state index < -0.39 is 5.72 Å². The third-order valence-corrected chi connectivity index (χ3v) is 2.95. The van der Waals surface area contributed by atoms with Crippen molar-refractivity contribution in [2.75, 3.05) is 0 Å². The maximum atomic E-state index is 9.41. The van der Waals surface area contributed by atoms with Gasteiger partial charge in [-0.3, -0.25) is 0 Å². The van der Waals surface area contributed by atoms with Crippen LogP contribution in [0.15, 0.2) is 0 Å². The normalized spacial score (nSPS) is 43.0. The first-order valence-electron chi connectivity index (χ1n) is 2.73. The topological polar surface area (TPSA) is 32.3 Å². The minimum atomic E-state index is -0.804. The average Bonchev–Trinajstić information content (AvgIpc) is 1.79. The van der Waals surface area contributed by atoms with E-state index in [1.807, 2.05) is 6.92 Å². The first-order chi connectivity index (χ1) is 4.02. The van der Waals surface area contributed by atoms with E-state index in [0.29, 0.717) is 4.32 Å². The quantitative estimate of drug-likeness (QED) is 0.515. The molecule has 9 heavy (non-hydrogen) atoms. The second kappa shape index (κ2) is 2.11. The van der Waals surface area contributed by atoms with Crippen molar-refractivity contribution in [2.24, 2.45) is 0 Å². The van der Waals surface area contributed by atoms with Gasteiger partial charge < -0.3 is 10.4 Å². The fourth-order valence-corrected chi connectivity index (χ4v) is 2.13. The largest absolute Gasteiger partial charge is 0.370 e. The van der Waals surface area contributed by atoms with E-state index >= 15 is 0 Å². The van der Waals surface area contributed by atoms with Gasteiger partial charge >= 0.3 is 0 Å². The molecule has 1 fully saturated rings. The minimum absolute atomic E-state index is 0.157. The second-order valence-electron chi connectivity index (χ2n) is 2.32. The standard InChI is InChI=1S/C5H9NOS2/c1-3-5(2,7)6-4(8)9-3/h3,7H,1-2H3,(H,6,8).